The molecule has 0 rings (SSSR count). The second kappa shape index (κ2) is 15.2. The van der Waals surface area contributed by atoms with Crippen molar-refractivity contribution in [3.05, 3.63) is 0 Å². The third kappa shape index (κ3) is 13.0. The van der Waals surface area contributed by atoms with Gasteiger partial charge in [0.15, 0.2) is 0 Å². The number of amides is 1. The molecule has 0 aliphatic rings. The fourth-order valence-electron chi connectivity index (χ4n) is 2.40. The molecule has 2 N–H and O–H groups in total. The van der Waals surface area contributed by atoms with Gasteiger partial charge >= 0.3 is 5.97 Å². The molecule has 130 valence electrons. The predicted molar refractivity (Wildman–Crippen MR) is 94.5 cm³/mol. The van der Waals surface area contributed by atoms with Crippen LogP contribution in [0.25, 0.3) is 0 Å². The molecular weight excluding hydrogens is 298 g/mol. The summed E-state index contributed by atoms with van der Waals surface area (Å²) in [7, 11) is 0. The Kier molecular flexibility index (Phi) is 14.7. The molecule has 0 bridgehead atoms. The molecular formula is C17H33NO3S. The van der Waals surface area contributed by atoms with Crippen LogP contribution in [0.4, 0.5) is 0 Å². The van der Waals surface area contributed by atoms with Crippen molar-refractivity contribution in [3.8, 4) is 0 Å². The minimum absolute atomic E-state index is 0.124. The standard InChI is InChI=1S/C17H33NO3S/c1-2-3-4-5-6-7-8-9-10-11-12-13-16(19)18-15(14-22)17(20)21/h15,22H,2-14H2,1H3,(H,18,19)(H,20,21). The molecule has 4 nitrogen and oxygen atoms in total. The number of carbonyl (C=O) groups is 2. The highest BCUT2D eigenvalue weighted by Crippen LogP contribution is 2.11. The van der Waals surface area contributed by atoms with Crippen LogP contribution in [-0.4, -0.2) is 28.8 Å². The molecule has 0 radical (unpaired) electrons. The highest BCUT2D eigenvalue weighted by Gasteiger charge is 2.17. The molecule has 0 aromatic rings. The van der Waals surface area contributed by atoms with E-state index in [1.54, 1.807) is 0 Å². The minimum atomic E-state index is -1.03. The summed E-state index contributed by atoms with van der Waals surface area (Å²) in [6.45, 7) is 2.24. The Hall–Kier alpha value is -0.710. The van der Waals surface area contributed by atoms with Gasteiger partial charge in [-0.3, -0.25) is 4.79 Å². The van der Waals surface area contributed by atoms with Crippen LogP contribution in [0.1, 0.15) is 84.0 Å². The fraction of sp³-hybridized carbons (Fsp3) is 0.882. The Morgan fingerprint density at radius 2 is 1.36 bits per heavy atom. The molecule has 1 atom stereocenters. The van der Waals surface area contributed by atoms with Gasteiger partial charge in [0.1, 0.15) is 6.04 Å². The Labute approximate surface area is 140 Å². The van der Waals surface area contributed by atoms with Crippen LogP contribution in [-0.2, 0) is 9.59 Å². The van der Waals surface area contributed by atoms with Crippen LogP contribution in [0.15, 0.2) is 0 Å². The van der Waals surface area contributed by atoms with Gasteiger partial charge in [-0.2, -0.15) is 12.6 Å². The fourth-order valence-corrected chi connectivity index (χ4v) is 2.65. The van der Waals surface area contributed by atoms with Crippen molar-refractivity contribution in [3.63, 3.8) is 0 Å². The second-order valence-electron chi connectivity index (χ2n) is 5.93. The number of aliphatic carboxylic acids is 1. The monoisotopic (exact) mass is 331 g/mol. The molecule has 1 amide bonds. The van der Waals surface area contributed by atoms with E-state index in [9.17, 15) is 9.59 Å². The van der Waals surface area contributed by atoms with Crippen molar-refractivity contribution >= 4 is 24.5 Å². The van der Waals surface area contributed by atoms with E-state index in [4.69, 9.17) is 5.11 Å². The number of nitrogens with one attached hydrogen (secondary N) is 1. The molecule has 1 unspecified atom stereocenters. The largest absolute Gasteiger partial charge is 0.480 e. The number of hydrogen-bond acceptors (Lipinski definition) is 3. The summed E-state index contributed by atoms with van der Waals surface area (Å²) in [5.74, 6) is -1.08. The predicted octanol–water partition coefficient (Wildman–Crippen LogP) is 4.19. The second-order valence-corrected chi connectivity index (χ2v) is 6.29. The molecule has 0 fully saturated rings. The smallest absolute Gasteiger partial charge is 0.327 e. The molecule has 0 aromatic carbocycles. The van der Waals surface area contributed by atoms with Gasteiger partial charge in [0, 0.05) is 12.2 Å². The zero-order valence-corrected chi connectivity index (χ0v) is 14.9. The zero-order valence-electron chi connectivity index (χ0n) is 14.0. The minimum Gasteiger partial charge on any atom is -0.480 e. The molecule has 0 spiro atoms. The van der Waals surface area contributed by atoms with E-state index in [1.165, 1.54) is 51.4 Å². The quantitative estimate of drug-likeness (QED) is 0.311. The lowest BCUT2D eigenvalue weighted by atomic mass is 10.1. The maximum atomic E-state index is 11.6. The van der Waals surface area contributed by atoms with Crippen LogP contribution < -0.4 is 5.32 Å². The number of carboxylic acid groups (broad SMARTS) is 1. The van der Waals surface area contributed by atoms with Gasteiger partial charge in [0.25, 0.3) is 0 Å². The van der Waals surface area contributed by atoms with E-state index in [-0.39, 0.29) is 11.7 Å². The van der Waals surface area contributed by atoms with E-state index >= 15 is 0 Å². The maximum absolute atomic E-state index is 11.6. The Bertz CT molecular complexity index is 298. The number of unbranched alkanes of at least 4 members (excludes halogenated alkanes) is 10. The lowest BCUT2D eigenvalue weighted by molar-refractivity contribution is -0.141. The van der Waals surface area contributed by atoms with Crippen LogP contribution >= 0.6 is 12.6 Å². The van der Waals surface area contributed by atoms with E-state index < -0.39 is 12.0 Å². The summed E-state index contributed by atoms with van der Waals surface area (Å²) in [4.78, 5) is 22.3. The number of rotatable bonds is 15. The van der Waals surface area contributed by atoms with Gasteiger partial charge in [0.05, 0.1) is 0 Å². The van der Waals surface area contributed by atoms with Gasteiger partial charge in [-0.25, -0.2) is 4.79 Å². The first-order valence-corrected chi connectivity index (χ1v) is 9.38. The van der Waals surface area contributed by atoms with Gasteiger partial charge in [-0.05, 0) is 6.42 Å². The Balaban J connectivity index is 3.35. The molecule has 22 heavy (non-hydrogen) atoms. The normalized spacial score (nSPS) is 12.1. The lowest BCUT2D eigenvalue weighted by Crippen LogP contribution is -2.42. The van der Waals surface area contributed by atoms with Crippen molar-refractivity contribution in [1.29, 1.82) is 0 Å². The molecule has 0 saturated heterocycles. The van der Waals surface area contributed by atoms with Crippen LogP contribution in [0.2, 0.25) is 0 Å². The molecule has 0 saturated carbocycles. The summed E-state index contributed by atoms with van der Waals surface area (Å²) < 4.78 is 0. The van der Waals surface area contributed by atoms with Crippen molar-refractivity contribution in [2.45, 2.75) is 90.0 Å². The average Bonchev–Trinajstić information content (AvgIpc) is 2.50. The van der Waals surface area contributed by atoms with Crippen molar-refractivity contribution in [2.24, 2.45) is 0 Å². The molecule has 0 aliphatic heterocycles. The summed E-state index contributed by atoms with van der Waals surface area (Å²) in [5.41, 5.74) is 0. The van der Waals surface area contributed by atoms with Crippen LogP contribution in [0.3, 0.4) is 0 Å². The first kappa shape index (κ1) is 21.3. The highest BCUT2D eigenvalue weighted by molar-refractivity contribution is 7.80. The average molecular weight is 332 g/mol. The summed E-state index contributed by atoms with van der Waals surface area (Å²) >= 11 is 3.92. The number of hydrogen-bond donors (Lipinski definition) is 3. The van der Waals surface area contributed by atoms with Crippen LogP contribution in [0, 0.1) is 0 Å². The number of thiol groups is 1. The SMILES string of the molecule is CCCCCCCCCCCCCC(=O)NC(CS)C(=O)O. The van der Waals surface area contributed by atoms with Crippen molar-refractivity contribution < 1.29 is 14.7 Å². The van der Waals surface area contributed by atoms with Gasteiger partial charge in [0.2, 0.25) is 5.91 Å². The van der Waals surface area contributed by atoms with Gasteiger partial charge < -0.3 is 10.4 Å². The Morgan fingerprint density at radius 3 is 1.77 bits per heavy atom. The first-order valence-electron chi connectivity index (χ1n) is 8.74. The maximum Gasteiger partial charge on any atom is 0.327 e. The topological polar surface area (TPSA) is 66.4 Å². The molecule has 0 aromatic heterocycles. The number of carboxylic acids is 1. The van der Waals surface area contributed by atoms with Crippen molar-refractivity contribution in [2.75, 3.05) is 5.75 Å². The summed E-state index contributed by atoms with van der Waals surface area (Å²) in [6.07, 6.45) is 14.1. The van der Waals surface area contributed by atoms with Gasteiger partial charge in [-0.15, -0.1) is 0 Å². The van der Waals surface area contributed by atoms with Crippen molar-refractivity contribution in [1.82, 2.24) is 5.32 Å². The Morgan fingerprint density at radius 1 is 0.909 bits per heavy atom. The lowest BCUT2D eigenvalue weighted by Gasteiger charge is -2.11. The number of carbonyl (C=O) groups excluding carboxylic acids is 1. The third-order valence-electron chi connectivity index (χ3n) is 3.82. The molecule has 5 heteroatoms. The first-order chi connectivity index (χ1) is 10.6. The van der Waals surface area contributed by atoms with E-state index in [0.29, 0.717) is 6.42 Å². The third-order valence-corrected chi connectivity index (χ3v) is 4.19. The highest BCUT2D eigenvalue weighted by atomic mass is 32.1. The summed E-state index contributed by atoms with van der Waals surface area (Å²) in [6, 6.07) is -0.872. The van der Waals surface area contributed by atoms with E-state index in [0.717, 1.165) is 19.3 Å². The van der Waals surface area contributed by atoms with E-state index in [2.05, 4.69) is 24.9 Å². The van der Waals surface area contributed by atoms with E-state index in [1.807, 2.05) is 0 Å². The zero-order chi connectivity index (χ0) is 16.6. The molecule has 0 heterocycles. The van der Waals surface area contributed by atoms with Gasteiger partial charge in [-0.1, -0.05) is 71.1 Å². The van der Waals surface area contributed by atoms with Crippen LogP contribution in [0.5, 0.6) is 0 Å². The summed E-state index contributed by atoms with van der Waals surface area (Å²) in [5, 5.41) is 11.3. The molecule has 0 aliphatic carbocycles.